The van der Waals surface area contributed by atoms with Gasteiger partial charge in [0.1, 0.15) is 5.54 Å². The third-order valence-electron chi connectivity index (χ3n) is 7.61. The van der Waals surface area contributed by atoms with Gasteiger partial charge in [0.2, 0.25) is 0 Å². The Morgan fingerprint density at radius 1 is 1.18 bits per heavy atom. The monoisotopic (exact) mass is 476 g/mol. The number of rotatable bonds is 8. The number of likely N-dealkylation sites (N-methyl/N-ethyl adjacent to an activating group) is 1. The lowest BCUT2D eigenvalue weighted by molar-refractivity contribution is -0.147. The number of carboxylic acids is 1. The zero-order valence-electron chi connectivity index (χ0n) is 21.6. The molecule has 1 N–H and O–H groups in total. The highest BCUT2D eigenvalue weighted by Crippen LogP contribution is 2.45. The number of hydrogen-bond donors (Lipinski definition) is 1. The molecule has 0 bridgehead atoms. The number of fused-ring (bicyclic) bond motifs is 3. The molecule has 2 aliphatic rings. The summed E-state index contributed by atoms with van der Waals surface area (Å²) in [4.78, 5) is 28.0. The van der Waals surface area contributed by atoms with Gasteiger partial charge in [-0.25, -0.2) is 9.59 Å². The Morgan fingerprint density at radius 3 is 2.41 bits per heavy atom. The quantitative estimate of drug-likeness (QED) is 0.601. The van der Waals surface area contributed by atoms with E-state index in [-0.39, 0.29) is 18.6 Å². The second kappa shape index (κ2) is 10.4. The Hall–Kier alpha value is -2.48. The van der Waals surface area contributed by atoms with Gasteiger partial charge in [0, 0.05) is 26.2 Å². The minimum Gasteiger partial charge on any atom is -0.493 e. The summed E-state index contributed by atoms with van der Waals surface area (Å²) in [5.41, 5.74) is 1.20. The molecule has 0 saturated carbocycles. The van der Waals surface area contributed by atoms with Crippen molar-refractivity contribution in [2.75, 3.05) is 41.0 Å². The van der Waals surface area contributed by atoms with E-state index in [0.29, 0.717) is 11.8 Å². The Labute approximate surface area is 203 Å². The topological polar surface area (TPSA) is 88.5 Å². The first-order valence-corrected chi connectivity index (χ1v) is 12.1. The summed E-state index contributed by atoms with van der Waals surface area (Å²) >= 11 is 0. The van der Waals surface area contributed by atoms with Gasteiger partial charge in [-0.3, -0.25) is 9.80 Å². The van der Waals surface area contributed by atoms with Crippen molar-refractivity contribution in [1.82, 2.24) is 9.80 Å². The van der Waals surface area contributed by atoms with E-state index in [0.717, 1.165) is 48.8 Å². The first-order valence-electron chi connectivity index (χ1n) is 12.1. The number of benzene rings is 1. The van der Waals surface area contributed by atoms with E-state index in [2.05, 4.69) is 30.9 Å². The van der Waals surface area contributed by atoms with Gasteiger partial charge in [-0.1, -0.05) is 13.8 Å². The Kier molecular flexibility index (Phi) is 8.01. The number of ether oxygens (including phenoxy) is 3. The molecule has 34 heavy (non-hydrogen) atoms. The largest absolute Gasteiger partial charge is 0.493 e. The number of piperidine rings is 1. The van der Waals surface area contributed by atoms with Gasteiger partial charge in [0.15, 0.2) is 11.5 Å². The molecular weight excluding hydrogens is 436 g/mol. The van der Waals surface area contributed by atoms with Crippen molar-refractivity contribution in [2.24, 2.45) is 17.8 Å². The molecular formula is C26H40N2O6. The molecule has 1 aromatic rings. The van der Waals surface area contributed by atoms with Crippen molar-refractivity contribution in [3.8, 4) is 11.5 Å². The minimum absolute atomic E-state index is 0.188. The molecule has 8 nitrogen and oxygen atoms in total. The molecule has 1 amide bonds. The number of carbonyl (C=O) groups excluding carboxylic acids is 1. The summed E-state index contributed by atoms with van der Waals surface area (Å²) in [7, 11) is 4.78. The first kappa shape index (κ1) is 26.1. The van der Waals surface area contributed by atoms with Gasteiger partial charge in [0.05, 0.1) is 20.8 Å². The number of nitrogens with zero attached hydrogens (tertiary/aromatic N) is 2. The summed E-state index contributed by atoms with van der Waals surface area (Å²) in [6.45, 7) is 9.67. The van der Waals surface area contributed by atoms with Crippen molar-refractivity contribution in [3.05, 3.63) is 23.3 Å². The van der Waals surface area contributed by atoms with E-state index < -0.39 is 17.6 Å². The number of amides is 1. The molecule has 2 heterocycles. The molecule has 8 heteroatoms. The van der Waals surface area contributed by atoms with Crippen molar-refractivity contribution >= 4 is 12.1 Å². The lowest BCUT2D eigenvalue weighted by Gasteiger charge is -2.47. The number of hydrogen-bond acceptors (Lipinski definition) is 6. The van der Waals surface area contributed by atoms with Crippen LogP contribution in [-0.4, -0.2) is 73.5 Å². The minimum atomic E-state index is -1.34. The van der Waals surface area contributed by atoms with Gasteiger partial charge >= 0.3 is 12.1 Å². The summed E-state index contributed by atoms with van der Waals surface area (Å²) in [6, 6.07) is 4.41. The number of aliphatic carboxylic acids is 1. The Morgan fingerprint density at radius 2 is 1.82 bits per heavy atom. The SMILES string of the molecule is COc1cc2c(cc1OC)[C@H]1C[C@@H](COC(=O)N(C)C(C)(C)C(=O)O)[C@H](CC(C)C)CN1CC2. The third kappa shape index (κ3) is 5.27. The van der Waals surface area contributed by atoms with Gasteiger partial charge in [0.25, 0.3) is 0 Å². The van der Waals surface area contributed by atoms with E-state index in [1.54, 1.807) is 14.2 Å². The zero-order valence-corrected chi connectivity index (χ0v) is 21.6. The van der Waals surface area contributed by atoms with Crippen LogP contribution in [0.5, 0.6) is 11.5 Å². The highest BCUT2D eigenvalue weighted by atomic mass is 16.6. The lowest BCUT2D eigenvalue weighted by atomic mass is 9.74. The average Bonchev–Trinajstić information content (AvgIpc) is 2.80. The van der Waals surface area contributed by atoms with E-state index in [1.807, 2.05) is 0 Å². The predicted molar refractivity (Wildman–Crippen MR) is 129 cm³/mol. The van der Waals surface area contributed by atoms with Crippen molar-refractivity contribution in [1.29, 1.82) is 0 Å². The molecule has 1 saturated heterocycles. The maximum absolute atomic E-state index is 12.7. The molecule has 0 spiro atoms. The van der Waals surface area contributed by atoms with Gasteiger partial charge in [-0.05, 0) is 74.1 Å². The molecule has 1 fully saturated rings. The van der Waals surface area contributed by atoms with Crippen LogP contribution in [0.4, 0.5) is 4.79 Å². The van der Waals surface area contributed by atoms with E-state index >= 15 is 0 Å². The van der Waals surface area contributed by atoms with E-state index in [1.165, 1.54) is 32.0 Å². The van der Waals surface area contributed by atoms with Crippen LogP contribution in [0, 0.1) is 17.8 Å². The molecule has 0 radical (unpaired) electrons. The first-order chi connectivity index (χ1) is 16.0. The molecule has 3 atom stereocenters. The molecule has 3 rings (SSSR count). The van der Waals surface area contributed by atoms with Crippen LogP contribution in [0.15, 0.2) is 12.1 Å². The number of carbonyl (C=O) groups is 2. The normalized spacial score (nSPS) is 22.5. The van der Waals surface area contributed by atoms with Gasteiger partial charge < -0.3 is 19.3 Å². The number of methoxy groups -OCH3 is 2. The molecule has 0 aliphatic carbocycles. The van der Waals surface area contributed by atoms with Crippen LogP contribution >= 0.6 is 0 Å². The fraction of sp³-hybridized carbons (Fsp3) is 0.692. The fourth-order valence-electron chi connectivity index (χ4n) is 5.23. The van der Waals surface area contributed by atoms with Crippen LogP contribution in [0.3, 0.4) is 0 Å². The summed E-state index contributed by atoms with van der Waals surface area (Å²) in [5.74, 6) is 1.54. The zero-order chi connectivity index (χ0) is 25.2. The molecule has 2 aliphatic heterocycles. The standard InChI is InChI=1S/C26H40N2O6/c1-16(2)10-18-14-28-9-8-17-12-22(32-6)23(33-7)13-20(17)21(28)11-19(18)15-34-25(31)27(5)26(3,4)24(29)30/h12-13,16,18-19,21H,8-11,14-15H2,1-7H3,(H,29,30)/t18-,19+,21-/m1/s1. The average molecular weight is 477 g/mol. The summed E-state index contributed by atoms with van der Waals surface area (Å²) in [5, 5.41) is 9.45. The second-order valence-corrected chi connectivity index (χ2v) is 10.6. The molecule has 1 aromatic carbocycles. The Bertz CT molecular complexity index is 900. The van der Waals surface area contributed by atoms with Crippen molar-refractivity contribution < 1.29 is 28.9 Å². The lowest BCUT2D eigenvalue weighted by Crippen LogP contribution is -2.51. The van der Waals surface area contributed by atoms with E-state index in [9.17, 15) is 14.7 Å². The highest BCUT2D eigenvalue weighted by molar-refractivity contribution is 5.83. The van der Waals surface area contributed by atoms with Crippen molar-refractivity contribution in [2.45, 2.75) is 58.5 Å². The van der Waals surface area contributed by atoms with E-state index in [4.69, 9.17) is 14.2 Å². The van der Waals surface area contributed by atoms with Crippen LogP contribution in [0.2, 0.25) is 0 Å². The van der Waals surface area contributed by atoms with Gasteiger partial charge in [-0.15, -0.1) is 0 Å². The van der Waals surface area contributed by atoms with Gasteiger partial charge in [-0.2, -0.15) is 0 Å². The maximum Gasteiger partial charge on any atom is 0.410 e. The van der Waals surface area contributed by atoms with Crippen molar-refractivity contribution in [3.63, 3.8) is 0 Å². The smallest absolute Gasteiger partial charge is 0.410 e. The molecule has 0 unspecified atom stereocenters. The highest BCUT2D eigenvalue weighted by Gasteiger charge is 2.41. The second-order valence-electron chi connectivity index (χ2n) is 10.6. The van der Waals surface area contributed by atoms with Crippen LogP contribution in [0.25, 0.3) is 0 Å². The summed E-state index contributed by atoms with van der Waals surface area (Å²) in [6.07, 6.45) is 2.29. The predicted octanol–water partition coefficient (Wildman–Crippen LogP) is 4.22. The molecule has 0 aromatic heterocycles. The number of carboxylic acid groups (broad SMARTS) is 1. The van der Waals surface area contributed by atoms with Crippen LogP contribution < -0.4 is 9.47 Å². The van der Waals surface area contributed by atoms with Crippen LogP contribution in [0.1, 0.15) is 57.7 Å². The summed E-state index contributed by atoms with van der Waals surface area (Å²) < 4.78 is 16.8. The fourth-order valence-corrected chi connectivity index (χ4v) is 5.23. The third-order valence-corrected chi connectivity index (χ3v) is 7.61. The maximum atomic E-state index is 12.7. The molecule has 190 valence electrons. The van der Waals surface area contributed by atoms with Crippen LogP contribution in [-0.2, 0) is 16.0 Å². The Balaban J connectivity index is 1.81.